The number of anilines is 1. The molecule has 3 aromatic rings. The molecule has 0 fully saturated rings. The molecule has 1 heterocycles. The van der Waals surface area contributed by atoms with Crippen LogP contribution in [0.25, 0.3) is 0 Å². The highest BCUT2D eigenvalue weighted by Crippen LogP contribution is 2.16. The van der Waals surface area contributed by atoms with Crippen LogP contribution in [0.15, 0.2) is 54.9 Å². The Bertz CT molecular complexity index is 908. The van der Waals surface area contributed by atoms with Gasteiger partial charge >= 0.3 is 0 Å². The summed E-state index contributed by atoms with van der Waals surface area (Å²) in [6.07, 6.45) is 1.50. The number of aromatic nitrogens is 3. The number of methoxy groups -OCH3 is 1. The van der Waals surface area contributed by atoms with Gasteiger partial charge in [0.2, 0.25) is 0 Å². The Morgan fingerprint density at radius 2 is 1.92 bits per heavy atom. The fraction of sp³-hybridized carbons (Fsp3) is 0.111. The van der Waals surface area contributed by atoms with E-state index >= 15 is 0 Å². The lowest BCUT2D eigenvalue weighted by Crippen LogP contribution is -2.12. The third kappa shape index (κ3) is 4.00. The van der Waals surface area contributed by atoms with Crippen molar-refractivity contribution in [1.29, 1.82) is 5.26 Å². The molecular formula is C18H15N5O2. The average molecular weight is 333 g/mol. The van der Waals surface area contributed by atoms with E-state index in [2.05, 4.69) is 15.4 Å². The molecule has 0 radical (unpaired) electrons. The number of nitriles is 1. The molecule has 0 aliphatic carbocycles. The molecule has 0 atom stereocenters. The van der Waals surface area contributed by atoms with E-state index in [1.165, 1.54) is 6.33 Å². The third-order valence-electron chi connectivity index (χ3n) is 3.55. The highest BCUT2D eigenvalue weighted by molar-refractivity contribution is 6.04. The number of amides is 1. The first kappa shape index (κ1) is 16.2. The zero-order valence-corrected chi connectivity index (χ0v) is 13.5. The van der Waals surface area contributed by atoms with E-state index in [0.717, 1.165) is 11.3 Å². The second-order valence-electron chi connectivity index (χ2n) is 5.26. The first-order valence-corrected chi connectivity index (χ1v) is 7.52. The van der Waals surface area contributed by atoms with E-state index in [1.807, 2.05) is 18.2 Å². The minimum absolute atomic E-state index is 0.135. The SMILES string of the molecule is COc1ccc(NC(=O)c2ccc(Cn3cnc(C#N)n3)cc2)cc1. The van der Waals surface area contributed by atoms with Crippen molar-refractivity contribution in [2.75, 3.05) is 12.4 Å². The topological polar surface area (TPSA) is 92.8 Å². The fourth-order valence-electron chi connectivity index (χ4n) is 2.25. The van der Waals surface area contributed by atoms with E-state index in [1.54, 1.807) is 48.2 Å². The Hall–Kier alpha value is -3.66. The summed E-state index contributed by atoms with van der Waals surface area (Å²) in [4.78, 5) is 16.1. The summed E-state index contributed by atoms with van der Waals surface area (Å²) in [5.74, 6) is 0.676. The van der Waals surface area contributed by atoms with Gasteiger partial charge in [0, 0.05) is 11.3 Å². The molecule has 7 nitrogen and oxygen atoms in total. The number of nitrogens with one attached hydrogen (secondary N) is 1. The first-order chi connectivity index (χ1) is 12.2. The Kier molecular flexibility index (Phi) is 4.72. The number of hydrogen-bond donors (Lipinski definition) is 1. The molecule has 0 saturated heterocycles. The van der Waals surface area contributed by atoms with Crippen LogP contribution in [0.4, 0.5) is 5.69 Å². The molecule has 1 N–H and O–H groups in total. The molecular weight excluding hydrogens is 318 g/mol. The van der Waals surface area contributed by atoms with Gasteiger partial charge in [-0.25, -0.2) is 9.67 Å². The largest absolute Gasteiger partial charge is 0.497 e. The van der Waals surface area contributed by atoms with Gasteiger partial charge in [0.1, 0.15) is 18.1 Å². The minimum atomic E-state index is -0.191. The molecule has 0 aliphatic rings. The van der Waals surface area contributed by atoms with Gasteiger partial charge in [-0.3, -0.25) is 4.79 Å². The van der Waals surface area contributed by atoms with E-state index in [-0.39, 0.29) is 11.7 Å². The van der Waals surface area contributed by atoms with Crippen molar-refractivity contribution in [3.05, 3.63) is 71.8 Å². The van der Waals surface area contributed by atoms with Crippen LogP contribution in [-0.2, 0) is 6.54 Å². The van der Waals surface area contributed by atoms with E-state index < -0.39 is 0 Å². The first-order valence-electron chi connectivity index (χ1n) is 7.52. The Morgan fingerprint density at radius 1 is 1.20 bits per heavy atom. The predicted molar refractivity (Wildman–Crippen MR) is 91.2 cm³/mol. The molecule has 1 aromatic heterocycles. The smallest absolute Gasteiger partial charge is 0.255 e. The molecule has 0 aliphatic heterocycles. The Balaban J connectivity index is 1.64. The number of nitrogens with zero attached hydrogens (tertiary/aromatic N) is 4. The highest BCUT2D eigenvalue weighted by Gasteiger charge is 2.07. The maximum Gasteiger partial charge on any atom is 0.255 e. The van der Waals surface area contributed by atoms with Gasteiger partial charge < -0.3 is 10.1 Å². The second-order valence-corrected chi connectivity index (χ2v) is 5.26. The molecule has 2 aromatic carbocycles. The predicted octanol–water partition coefficient (Wildman–Crippen LogP) is 2.46. The van der Waals surface area contributed by atoms with Crippen LogP contribution in [0, 0.1) is 11.3 Å². The van der Waals surface area contributed by atoms with Crippen molar-refractivity contribution in [3.63, 3.8) is 0 Å². The van der Waals surface area contributed by atoms with Crippen molar-refractivity contribution in [2.24, 2.45) is 0 Å². The summed E-state index contributed by atoms with van der Waals surface area (Å²) in [6, 6.07) is 16.2. The number of carbonyl (C=O) groups excluding carboxylic acids is 1. The molecule has 3 rings (SSSR count). The van der Waals surface area contributed by atoms with Gasteiger partial charge in [-0.1, -0.05) is 12.1 Å². The van der Waals surface area contributed by atoms with Gasteiger partial charge in [-0.15, -0.1) is 5.10 Å². The van der Waals surface area contributed by atoms with Crippen LogP contribution in [0.1, 0.15) is 21.7 Å². The molecule has 25 heavy (non-hydrogen) atoms. The lowest BCUT2D eigenvalue weighted by Gasteiger charge is -2.07. The average Bonchev–Trinajstić information content (AvgIpc) is 3.10. The number of ether oxygens (including phenoxy) is 1. The minimum Gasteiger partial charge on any atom is -0.497 e. The summed E-state index contributed by atoms with van der Waals surface area (Å²) in [6.45, 7) is 0.481. The lowest BCUT2D eigenvalue weighted by molar-refractivity contribution is 0.102. The lowest BCUT2D eigenvalue weighted by atomic mass is 10.1. The summed E-state index contributed by atoms with van der Waals surface area (Å²) < 4.78 is 6.66. The number of rotatable bonds is 5. The van der Waals surface area contributed by atoms with E-state index in [4.69, 9.17) is 10.00 Å². The maximum absolute atomic E-state index is 12.3. The van der Waals surface area contributed by atoms with Crippen LogP contribution in [-0.4, -0.2) is 27.8 Å². The molecule has 0 spiro atoms. The van der Waals surface area contributed by atoms with Crippen LogP contribution < -0.4 is 10.1 Å². The van der Waals surface area contributed by atoms with Crippen LogP contribution in [0.2, 0.25) is 0 Å². The third-order valence-corrected chi connectivity index (χ3v) is 3.55. The molecule has 0 bridgehead atoms. The standard InChI is InChI=1S/C18H15N5O2/c1-25-16-8-6-15(7-9-16)21-18(24)14-4-2-13(3-5-14)11-23-12-20-17(10-19)22-23/h2-9,12H,11H2,1H3,(H,21,24). The molecule has 1 amide bonds. The van der Waals surface area contributed by atoms with Crippen LogP contribution >= 0.6 is 0 Å². The van der Waals surface area contributed by atoms with Crippen molar-refractivity contribution in [1.82, 2.24) is 14.8 Å². The van der Waals surface area contributed by atoms with Gasteiger partial charge in [-0.05, 0) is 42.0 Å². The highest BCUT2D eigenvalue weighted by atomic mass is 16.5. The fourth-order valence-corrected chi connectivity index (χ4v) is 2.25. The van der Waals surface area contributed by atoms with Gasteiger partial charge in [0.25, 0.3) is 11.7 Å². The van der Waals surface area contributed by atoms with Crippen molar-refractivity contribution < 1.29 is 9.53 Å². The number of carbonyl (C=O) groups is 1. The molecule has 7 heteroatoms. The van der Waals surface area contributed by atoms with Crippen LogP contribution in [0.5, 0.6) is 5.75 Å². The molecule has 0 saturated carbocycles. The van der Waals surface area contributed by atoms with Crippen molar-refractivity contribution in [3.8, 4) is 11.8 Å². The van der Waals surface area contributed by atoms with Crippen molar-refractivity contribution in [2.45, 2.75) is 6.54 Å². The summed E-state index contributed by atoms with van der Waals surface area (Å²) >= 11 is 0. The van der Waals surface area contributed by atoms with Gasteiger partial charge in [-0.2, -0.15) is 5.26 Å². The molecule has 0 unspecified atom stereocenters. The quantitative estimate of drug-likeness (QED) is 0.774. The Labute approximate surface area is 144 Å². The maximum atomic E-state index is 12.3. The van der Waals surface area contributed by atoms with Crippen LogP contribution in [0.3, 0.4) is 0 Å². The van der Waals surface area contributed by atoms with E-state index in [9.17, 15) is 4.79 Å². The summed E-state index contributed by atoms with van der Waals surface area (Å²) in [5, 5.41) is 15.6. The van der Waals surface area contributed by atoms with Crippen molar-refractivity contribution >= 4 is 11.6 Å². The second kappa shape index (κ2) is 7.27. The van der Waals surface area contributed by atoms with E-state index in [0.29, 0.717) is 17.8 Å². The molecule has 124 valence electrons. The summed E-state index contributed by atoms with van der Waals surface area (Å²) in [5.41, 5.74) is 2.20. The number of hydrogen-bond acceptors (Lipinski definition) is 5. The Morgan fingerprint density at radius 3 is 2.52 bits per heavy atom. The normalized spacial score (nSPS) is 10.1. The van der Waals surface area contributed by atoms with Gasteiger partial charge in [0.15, 0.2) is 0 Å². The van der Waals surface area contributed by atoms with Gasteiger partial charge in [0.05, 0.1) is 13.7 Å². The monoisotopic (exact) mass is 333 g/mol. The number of benzene rings is 2. The zero-order chi connectivity index (χ0) is 17.6. The summed E-state index contributed by atoms with van der Waals surface area (Å²) in [7, 11) is 1.59. The zero-order valence-electron chi connectivity index (χ0n) is 13.5.